The van der Waals surface area contributed by atoms with Crippen LogP contribution in [-0.2, 0) is 22.3 Å². The molecule has 1 aromatic carbocycles. The second-order valence-corrected chi connectivity index (χ2v) is 10.6. The second kappa shape index (κ2) is 10.3. The Morgan fingerprint density at radius 3 is 2.51 bits per heavy atom. The van der Waals surface area contributed by atoms with Crippen LogP contribution < -0.4 is 10.1 Å². The molecule has 9 heteroatoms. The van der Waals surface area contributed by atoms with E-state index in [0.717, 1.165) is 51.0 Å². The van der Waals surface area contributed by atoms with Crippen LogP contribution in [0.1, 0.15) is 57.6 Å². The Kier molecular flexibility index (Phi) is 7.69. The quantitative estimate of drug-likeness (QED) is 0.616. The fraction of sp³-hybridized carbons (Fsp3) is 0.731. The summed E-state index contributed by atoms with van der Waals surface area (Å²) in [4.78, 5) is 18.4. The van der Waals surface area contributed by atoms with Crippen LogP contribution in [-0.4, -0.2) is 72.8 Å². The fourth-order valence-corrected chi connectivity index (χ4v) is 5.78. The van der Waals surface area contributed by atoms with E-state index in [2.05, 4.69) is 35.9 Å². The van der Waals surface area contributed by atoms with Gasteiger partial charge in [0.1, 0.15) is 11.4 Å². The number of hydrogen-bond acceptors (Lipinski definition) is 5. The number of ether oxygens (including phenoxy) is 2. The molecule has 6 nitrogen and oxygen atoms in total. The van der Waals surface area contributed by atoms with Crippen molar-refractivity contribution in [3.63, 3.8) is 0 Å². The number of alkyl halides is 3. The molecule has 2 aliphatic heterocycles. The first-order chi connectivity index (χ1) is 16.5. The SMILES string of the molecule is COc1cc(CNC(=O)[C@@]2(C3CC3)CC[C@@H](N3CCN(C(C)C)[C@@H](C)C3)CO2)cc(C(F)(F)F)c1. The van der Waals surface area contributed by atoms with Gasteiger partial charge in [-0.3, -0.25) is 14.6 Å². The van der Waals surface area contributed by atoms with Gasteiger partial charge in [0.25, 0.3) is 5.91 Å². The lowest BCUT2D eigenvalue weighted by atomic mass is 9.85. The van der Waals surface area contributed by atoms with Crippen LogP contribution in [0.2, 0.25) is 0 Å². The number of carbonyl (C=O) groups excluding carboxylic acids is 1. The van der Waals surface area contributed by atoms with E-state index in [4.69, 9.17) is 9.47 Å². The van der Waals surface area contributed by atoms with Gasteiger partial charge < -0.3 is 14.8 Å². The molecule has 196 valence electrons. The number of benzene rings is 1. The van der Waals surface area contributed by atoms with Crippen molar-refractivity contribution in [1.29, 1.82) is 0 Å². The molecule has 4 rings (SSSR count). The molecule has 1 saturated carbocycles. The van der Waals surface area contributed by atoms with Crippen molar-refractivity contribution in [2.45, 2.75) is 82.9 Å². The fourth-order valence-electron chi connectivity index (χ4n) is 5.78. The van der Waals surface area contributed by atoms with Gasteiger partial charge in [0, 0.05) is 44.3 Å². The Bertz CT molecular complexity index is 896. The molecule has 0 aromatic heterocycles. The first-order valence-electron chi connectivity index (χ1n) is 12.7. The Hall–Kier alpha value is -1.84. The van der Waals surface area contributed by atoms with E-state index < -0.39 is 17.3 Å². The minimum Gasteiger partial charge on any atom is -0.497 e. The van der Waals surface area contributed by atoms with Gasteiger partial charge >= 0.3 is 6.18 Å². The van der Waals surface area contributed by atoms with Crippen LogP contribution >= 0.6 is 0 Å². The number of halogens is 3. The number of hydrogen-bond donors (Lipinski definition) is 1. The van der Waals surface area contributed by atoms with Crippen LogP contribution in [0.5, 0.6) is 5.75 Å². The molecule has 1 N–H and O–H groups in total. The summed E-state index contributed by atoms with van der Waals surface area (Å²) in [6, 6.07) is 4.84. The molecule has 1 amide bonds. The van der Waals surface area contributed by atoms with Crippen LogP contribution in [0.4, 0.5) is 13.2 Å². The lowest BCUT2D eigenvalue weighted by molar-refractivity contribution is -0.166. The van der Waals surface area contributed by atoms with Crippen LogP contribution in [0.3, 0.4) is 0 Å². The minimum atomic E-state index is -4.48. The summed E-state index contributed by atoms with van der Waals surface area (Å²) >= 11 is 0. The minimum absolute atomic E-state index is 0.00491. The Balaban J connectivity index is 1.38. The number of piperazine rings is 1. The topological polar surface area (TPSA) is 54.0 Å². The van der Waals surface area contributed by atoms with Crippen LogP contribution in [0, 0.1) is 5.92 Å². The summed E-state index contributed by atoms with van der Waals surface area (Å²) in [5, 5.41) is 2.87. The van der Waals surface area contributed by atoms with Crippen molar-refractivity contribution < 1.29 is 27.4 Å². The molecular formula is C26H38F3N3O3. The van der Waals surface area contributed by atoms with Crippen molar-refractivity contribution in [2.24, 2.45) is 5.92 Å². The third-order valence-electron chi connectivity index (χ3n) is 7.88. The van der Waals surface area contributed by atoms with E-state index in [1.165, 1.54) is 13.2 Å². The first kappa shape index (κ1) is 26.2. The van der Waals surface area contributed by atoms with Gasteiger partial charge in [0.05, 0.1) is 19.3 Å². The maximum atomic E-state index is 13.4. The van der Waals surface area contributed by atoms with Gasteiger partial charge in [0.2, 0.25) is 0 Å². The summed E-state index contributed by atoms with van der Waals surface area (Å²) in [6.45, 7) is 10.2. The number of nitrogens with zero attached hydrogens (tertiary/aromatic N) is 2. The maximum Gasteiger partial charge on any atom is 0.416 e. The summed E-state index contributed by atoms with van der Waals surface area (Å²) in [5.74, 6) is 0.0774. The number of rotatable bonds is 7. The summed E-state index contributed by atoms with van der Waals surface area (Å²) in [6.07, 6.45) is -1.07. The molecule has 0 radical (unpaired) electrons. The number of amides is 1. The van der Waals surface area contributed by atoms with Crippen molar-refractivity contribution in [3.8, 4) is 5.75 Å². The molecule has 3 atom stereocenters. The lowest BCUT2D eigenvalue weighted by Gasteiger charge is -2.48. The van der Waals surface area contributed by atoms with Gasteiger partial charge in [0.15, 0.2) is 0 Å². The van der Waals surface area contributed by atoms with Crippen molar-refractivity contribution in [3.05, 3.63) is 29.3 Å². The van der Waals surface area contributed by atoms with E-state index in [1.54, 1.807) is 0 Å². The second-order valence-electron chi connectivity index (χ2n) is 10.6. The number of carbonyl (C=O) groups is 1. The third-order valence-corrected chi connectivity index (χ3v) is 7.88. The Morgan fingerprint density at radius 2 is 1.97 bits per heavy atom. The first-order valence-corrected chi connectivity index (χ1v) is 12.7. The average Bonchev–Trinajstić information content (AvgIpc) is 3.67. The smallest absolute Gasteiger partial charge is 0.416 e. The maximum absolute atomic E-state index is 13.4. The highest BCUT2D eigenvalue weighted by molar-refractivity contribution is 5.86. The Morgan fingerprint density at radius 1 is 1.23 bits per heavy atom. The van der Waals surface area contributed by atoms with E-state index in [1.807, 2.05) is 0 Å². The highest BCUT2D eigenvalue weighted by atomic mass is 19.4. The molecule has 1 aromatic rings. The summed E-state index contributed by atoms with van der Waals surface area (Å²) in [5.41, 5.74) is -1.32. The van der Waals surface area contributed by atoms with Crippen molar-refractivity contribution in [2.75, 3.05) is 33.4 Å². The van der Waals surface area contributed by atoms with E-state index in [-0.39, 0.29) is 24.1 Å². The zero-order valence-corrected chi connectivity index (χ0v) is 21.2. The number of nitrogens with one attached hydrogen (secondary N) is 1. The van der Waals surface area contributed by atoms with Gasteiger partial charge in [-0.15, -0.1) is 0 Å². The highest BCUT2D eigenvalue weighted by Crippen LogP contribution is 2.47. The summed E-state index contributed by atoms with van der Waals surface area (Å²) in [7, 11) is 1.33. The molecular weight excluding hydrogens is 459 g/mol. The van der Waals surface area contributed by atoms with E-state index in [9.17, 15) is 18.0 Å². The molecule has 35 heavy (non-hydrogen) atoms. The van der Waals surface area contributed by atoms with E-state index in [0.29, 0.717) is 36.7 Å². The van der Waals surface area contributed by atoms with Gasteiger partial charge in [-0.1, -0.05) is 0 Å². The third kappa shape index (κ3) is 5.78. The molecule has 3 fully saturated rings. The predicted molar refractivity (Wildman–Crippen MR) is 127 cm³/mol. The lowest BCUT2D eigenvalue weighted by Crippen LogP contribution is -2.61. The van der Waals surface area contributed by atoms with Crippen molar-refractivity contribution >= 4 is 5.91 Å². The van der Waals surface area contributed by atoms with Gasteiger partial charge in [-0.2, -0.15) is 13.2 Å². The monoisotopic (exact) mass is 497 g/mol. The van der Waals surface area contributed by atoms with E-state index >= 15 is 0 Å². The zero-order valence-electron chi connectivity index (χ0n) is 21.2. The standard InChI is InChI=1S/C26H38F3N3O3/c1-17(2)32-10-9-31(15-18(32)3)22-7-8-25(35-16-22,20-5-6-20)24(33)30-14-19-11-21(26(27,28)29)13-23(12-19)34-4/h11-13,17-18,20,22H,5-10,14-16H2,1-4H3,(H,30,33)/t18-,22+,25-/m0/s1. The van der Waals surface area contributed by atoms with Crippen molar-refractivity contribution in [1.82, 2.24) is 15.1 Å². The van der Waals surface area contributed by atoms with Gasteiger partial charge in [-0.05, 0) is 76.1 Å². The van der Waals surface area contributed by atoms with Crippen LogP contribution in [0.15, 0.2) is 18.2 Å². The normalized spacial score (nSPS) is 28.8. The molecule has 2 saturated heterocycles. The zero-order chi connectivity index (χ0) is 25.4. The van der Waals surface area contributed by atoms with Crippen LogP contribution in [0.25, 0.3) is 0 Å². The predicted octanol–water partition coefficient (Wildman–Crippen LogP) is 4.07. The molecule has 3 aliphatic rings. The largest absolute Gasteiger partial charge is 0.497 e. The summed E-state index contributed by atoms with van der Waals surface area (Å²) < 4.78 is 51.2. The average molecular weight is 498 g/mol. The Labute approximate surface area is 206 Å². The molecule has 0 spiro atoms. The number of methoxy groups -OCH3 is 1. The van der Waals surface area contributed by atoms with Gasteiger partial charge in [-0.25, -0.2) is 0 Å². The molecule has 2 heterocycles. The molecule has 1 aliphatic carbocycles. The highest BCUT2D eigenvalue weighted by Gasteiger charge is 2.54. The molecule has 0 bridgehead atoms. The molecule has 0 unspecified atom stereocenters.